The average molecular weight is 383 g/mol. The number of hydrogen-bond acceptors (Lipinski definition) is 6. The van der Waals surface area contributed by atoms with Crippen LogP contribution in [0.4, 0.5) is 0 Å². The number of aliphatic hydroxyl groups is 1. The van der Waals surface area contributed by atoms with E-state index < -0.39 is 0 Å². The minimum atomic E-state index is -0.0724. The first-order valence-electron chi connectivity index (χ1n) is 9.47. The molecule has 0 amide bonds. The van der Waals surface area contributed by atoms with Gasteiger partial charge in [-0.3, -0.25) is 5.01 Å². The summed E-state index contributed by atoms with van der Waals surface area (Å²) in [4.78, 5) is 2.12. The number of methoxy groups -OCH3 is 1. The third kappa shape index (κ3) is 3.85. The zero-order valence-electron chi connectivity index (χ0n) is 16.9. The molecule has 0 aliphatic carbocycles. The van der Waals surface area contributed by atoms with Gasteiger partial charge in [0.1, 0.15) is 12.3 Å². The molecular weight excluding hydrogens is 354 g/mol. The molecule has 6 heteroatoms. The first-order chi connectivity index (χ1) is 13.6. The summed E-state index contributed by atoms with van der Waals surface area (Å²) in [6, 6.07) is 10.1. The minimum Gasteiger partial charge on any atom is -0.486 e. The molecule has 150 valence electrons. The van der Waals surface area contributed by atoms with Gasteiger partial charge in [0.15, 0.2) is 5.76 Å². The molecule has 0 spiro atoms. The smallest absolute Gasteiger partial charge is 0.154 e. The van der Waals surface area contributed by atoms with Gasteiger partial charge >= 0.3 is 0 Å². The summed E-state index contributed by atoms with van der Waals surface area (Å²) < 4.78 is 11.6. The highest BCUT2D eigenvalue weighted by atomic mass is 16.5. The Balaban J connectivity index is 1.99. The Labute approximate surface area is 167 Å². The Morgan fingerprint density at radius 1 is 1.29 bits per heavy atom. The lowest BCUT2D eigenvalue weighted by molar-refractivity contribution is 0.100. The molecule has 1 saturated heterocycles. The van der Waals surface area contributed by atoms with Gasteiger partial charge in [-0.2, -0.15) is 0 Å². The fraction of sp³-hybridized carbons (Fsp3) is 0.364. The molecule has 2 aliphatic rings. The van der Waals surface area contributed by atoms with Crippen LogP contribution in [0.3, 0.4) is 0 Å². The fourth-order valence-electron chi connectivity index (χ4n) is 3.52. The molecule has 1 fully saturated rings. The van der Waals surface area contributed by atoms with Crippen molar-refractivity contribution in [2.45, 2.75) is 20.5 Å². The minimum absolute atomic E-state index is 0.0724. The van der Waals surface area contributed by atoms with Crippen LogP contribution in [-0.4, -0.2) is 48.6 Å². The van der Waals surface area contributed by atoms with Crippen molar-refractivity contribution in [3.63, 3.8) is 0 Å². The third-order valence-corrected chi connectivity index (χ3v) is 5.09. The second-order valence-corrected chi connectivity index (χ2v) is 6.74. The first-order valence-corrected chi connectivity index (χ1v) is 9.47. The summed E-state index contributed by atoms with van der Waals surface area (Å²) in [5, 5.41) is 11.9. The highest BCUT2D eigenvalue weighted by Gasteiger charge is 2.36. The molecule has 28 heavy (non-hydrogen) atoms. The van der Waals surface area contributed by atoms with E-state index in [0.717, 1.165) is 39.6 Å². The lowest BCUT2D eigenvalue weighted by Crippen LogP contribution is -2.53. The molecule has 1 aromatic rings. The van der Waals surface area contributed by atoms with Gasteiger partial charge < -0.3 is 19.5 Å². The van der Waals surface area contributed by atoms with Gasteiger partial charge in [0.2, 0.25) is 0 Å². The number of nitrogens with one attached hydrogen (secondary N) is 1. The Kier molecular flexibility index (Phi) is 6.57. The number of ether oxygens (including phenoxy) is 2. The normalized spacial score (nSPS) is 18.9. The van der Waals surface area contributed by atoms with E-state index in [4.69, 9.17) is 9.47 Å². The summed E-state index contributed by atoms with van der Waals surface area (Å²) in [5.74, 6) is 0.765. The lowest BCUT2D eigenvalue weighted by Gasteiger charge is -2.45. The van der Waals surface area contributed by atoms with Crippen LogP contribution in [0.25, 0.3) is 0 Å². The van der Waals surface area contributed by atoms with Crippen LogP contribution in [0.15, 0.2) is 77.0 Å². The van der Waals surface area contributed by atoms with Crippen molar-refractivity contribution in [2.75, 3.05) is 33.5 Å². The summed E-state index contributed by atoms with van der Waals surface area (Å²) in [6.45, 7) is 10.6. The number of nitrogens with zero attached hydrogens (tertiary/aromatic N) is 2. The summed E-state index contributed by atoms with van der Waals surface area (Å²) in [7, 11) is 1.69. The highest BCUT2D eigenvalue weighted by Crippen LogP contribution is 2.39. The van der Waals surface area contributed by atoms with Gasteiger partial charge in [-0.25, -0.2) is 5.43 Å². The van der Waals surface area contributed by atoms with Gasteiger partial charge in [0.05, 0.1) is 31.3 Å². The van der Waals surface area contributed by atoms with Crippen molar-refractivity contribution >= 4 is 0 Å². The monoisotopic (exact) mass is 383 g/mol. The molecule has 1 aromatic carbocycles. The van der Waals surface area contributed by atoms with E-state index >= 15 is 0 Å². The van der Waals surface area contributed by atoms with Gasteiger partial charge in [-0.1, -0.05) is 43.0 Å². The largest absolute Gasteiger partial charge is 0.486 e. The second-order valence-electron chi connectivity index (χ2n) is 6.74. The van der Waals surface area contributed by atoms with Gasteiger partial charge in [0, 0.05) is 19.2 Å². The standard InChI is InChI=1S/C22H29N3O3/c1-5-19-16(2)20(13-26)25-21(17(3)24(15-23-25)11-12-27-4)22(19)28-14-18-9-7-6-8-10-18/h5-10,23,26H,3,11-15H2,1-2,4H3/b19-5-. The Morgan fingerprint density at radius 3 is 2.68 bits per heavy atom. The van der Waals surface area contributed by atoms with Crippen LogP contribution in [0.5, 0.6) is 0 Å². The van der Waals surface area contributed by atoms with E-state index in [1.807, 2.05) is 55.3 Å². The molecule has 2 heterocycles. The predicted molar refractivity (Wildman–Crippen MR) is 109 cm³/mol. The van der Waals surface area contributed by atoms with E-state index in [1.165, 1.54) is 0 Å². The average Bonchev–Trinajstić information content (AvgIpc) is 2.72. The molecule has 0 aromatic heterocycles. The van der Waals surface area contributed by atoms with Crippen molar-refractivity contribution in [2.24, 2.45) is 0 Å². The second kappa shape index (κ2) is 9.10. The van der Waals surface area contributed by atoms with Gasteiger partial charge in [0.25, 0.3) is 0 Å². The zero-order chi connectivity index (χ0) is 20.1. The van der Waals surface area contributed by atoms with E-state index in [0.29, 0.717) is 26.4 Å². The Morgan fingerprint density at radius 2 is 2.04 bits per heavy atom. The molecular formula is C22H29N3O3. The number of fused-ring (bicyclic) bond motifs is 1. The van der Waals surface area contributed by atoms with Gasteiger partial charge in [-0.15, -0.1) is 0 Å². The Bertz CT molecular complexity index is 812. The maximum absolute atomic E-state index is 10.0. The number of aliphatic hydroxyl groups excluding tert-OH is 1. The first kappa shape index (κ1) is 20.2. The molecule has 0 unspecified atom stereocenters. The maximum atomic E-state index is 10.0. The van der Waals surface area contributed by atoms with E-state index in [1.54, 1.807) is 7.11 Å². The van der Waals surface area contributed by atoms with E-state index in [2.05, 4.69) is 16.9 Å². The predicted octanol–water partition coefficient (Wildman–Crippen LogP) is 2.88. The van der Waals surface area contributed by atoms with Crippen LogP contribution in [0.1, 0.15) is 19.4 Å². The van der Waals surface area contributed by atoms with Crippen LogP contribution in [0, 0.1) is 0 Å². The lowest BCUT2D eigenvalue weighted by atomic mass is 9.96. The van der Waals surface area contributed by atoms with Crippen LogP contribution in [-0.2, 0) is 16.1 Å². The van der Waals surface area contributed by atoms with E-state index in [9.17, 15) is 5.11 Å². The molecule has 3 rings (SSSR count). The number of allylic oxidation sites excluding steroid dienone is 2. The summed E-state index contributed by atoms with van der Waals surface area (Å²) in [6.07, 6.45) is 2.02. The fourth-order valence-corrected chi connectivity index (χ4v) is 3.52. The number of hydrogen-bond donors (Lipinski definition) is 2. The van der Waals surface area contributed by atoms with Crippen molar-refractivity contribution in [1.82, 2.24) is 15.3 Å². The third-order valence-electron chi connectivity index (χ3n) is 5.09. The quantitative estimate of drug-likeness (QED) is 0.755. The number of rotatable bonds is 7. The zero-order valence-corrected chi connectivity index (χ0v) is 16.9. The van der Waals surface area contributed by atoms with Crippen molar-refractivity contribution in [1.29, 1.82) is 0 Å². The SMILES string of the molecule is C=C1C2=C(OCc3ccccc3)/C(=C\C)C(C)=C(CO)N2NCN1CCOC. The van der Waals surface area contributed by atoms with Crippen LogP contribution < -0.4 is 5.43 Å². The molecule has 0 bridgehead atoms. The highest BCUT2D eigenvalue weighted by molar-refractivity contribution is 5.55. The maximum Gasteiger partial charge on any atom is 0.154 e. The molecule has 0 radical (unpaired) electrons. The summed E-state index contributed by atoms with van der Waals surface area (Å²) in [5.41, 5.74) is 8.92. The molecule has 2 N–H and O–H groups in total. The topological polar surface area (TPSA) is 57.2 Å². The van der Waals surface area contributed by atoms with Crippen molar-refractivity contribution in [3.8, 4) is 0 Å². The van der Waals surface area contributed by atoms with Crippen molar-refractivity contribution < 1.29 is 14.6 Å². The van der Waals surface area contributed by atoms with Crippen LogP contribution in [0.2, 0.25) is 0 Å². The molecule has 2 aliphatic heterocycles. The molecule has 6 nitrogen and oxygen atoms in total. The Hall–Kier alpha value is -2.54. The molecule has 0 saturated carbocycles. The van der Waals surface area contributed by atoms with E-state index in [-0.39, 0.29) is 6.61 Å². The van der Waals surface area contributed by atoms with Crippen molar-refractivity contribution in [3.05, 3.63) is 82.5 Å². The summed E-state index contributed by atoms with van der Waals surface area (Å²) >= 11 is 0. The number of benzene rings is 1. The molecule has 0 atom stereocenters. The van der Waals surface area contributed by atoms with Crippen LogP contribution >= 0.6 is 0 Å². The number of hydrazine groups is 1. The van der Waals surface area contributed by atoms with Gasteiger partial charge in [-0.05, 0) is 25.0 Å².